The van der Waals surface area contributed by atoms with Gasteiger partial charge in [-0.1, -0.05) is 24.6 Å². The first-order valence-corrected chi connectivity index (χ1v) is 13.0. The van der Waals surface area contributed by atoms with Crippen molar-refractivity contribution in [3.05, 3.63) is 36.0 Å². The van der Waals surface area contributed by atoms with Crippen molar-refractivity contribution < 1.29 is 44.1 Å². The highest BCUT2D eigenvalue weighted by Gasteiger charge is 2.32. The van der Waals surface area contributed by atoms with Crippen molar-refractivity contribution >= 4 is 46.5 Å². The number of H-pyrrole nitrogens is 1. The van der Waals surface area contributed by atoms with Gasteiger partial charge in [-0.2, -0.15) is 0 Å². The van der Waals surface area contributed by atoms with Gasteiger partial charge in [0.1, 0.15) is 18.1 Å². The van der Waals surface area contributed by atoms with Crippen LogP contribution < -0.4 is 27.4 Å². The lowest BCUT2D eigenvalue weighted by atomic mass is 10.0. The van der Waals surface area contributed by atoms with Crippen LogP contribution >= 0.6 is 0 Å². The first-order chi connectivity index (χ1) is 19.4. The first-order valence-electron chi connectivity index (χ1n) is 13.0. The summed E-state index contributed by atoms with van der Waals surface area (Å²) in [5.41, 5.74) is 12.6. The topological polar surface area (TPSA) is 267 Å². The zero-order valence-electron chi connectivity index (χ0n) is 22.3. The lowest BCUT2D eigenvalue weighted by Crippen LogP contribution is -2.57. The molecule has 0 bridgehead atoms. The Kier molecular flexibility index (Phi) is 12.7. The number of aliphatic carboxylic acids is 3. The molecule has 0 radical (unpaired) electrons. The molecule has 0 aliphatic carbocycles. The number of nitrogens with two attached hydrogens (primary N) is 2. The van der Waals surface area contributed by atoms with E-state index in [1.54, 1.807) is 30.5 Å². The third-order valence-corrected chi connectivity index (χ3v) is 6.31. The Morgan fingerprint density at radius 3 is 2.07 bits per heavy atom. The van der Waals surface area contributed by atoms with Crippen molar-refractivity contribution in [1.82, 2.24) is 20.9 Å². The van der Waals surface area contributed by atoms with E-state index in [0.29, 0.717) is 24.9 Å². The van der Waals surface area contributed by atoms with Gasteiger partial charge in [-0.3, -0.25) is 24.0 Å². The van der Waals surface area contributed by atoms with Crippen molar-refractivity contribution in [3.8, 4) is 0 Å². The number of aromatic amines is 1. The molecule has 2 aromatic rings. The monoisotopic (exact) mass is 576 g/mol. The third-order valence-electron chi connectivity index (χ3n) is 6.31. The zero-order chi connectivity index (χ0) is 30.5. The Hall–Kier alpha value is -4.50. The Labute approximate surface area is 235 Å². The standard InChI is InChI=1S/C26H36N6O9/c27-10-4-3-6-16(28)23(37)31-19(12-22(35)36)25(39)30-18(8-9-21(33)34)24(38)32-20(26(40)41)11-14-13-29-17-7-2-1-5-15(14)17/h1-2,5,7,13,16,18-20,29H,3-4,6,8-12,27-28H2,(H,30,39)(H,31,37)(H,32,38)(H,33,34)(H,35,36)(H,40,41). The van der Waals surface area contributed by atoms with Crippen molar-refractivity contribution in [1.29, 1.82) is 0 Å². The maximum absolute atomic E-state index is 13.1. The van der Waals surface area contributed by atoms with Crippen LogP contribution in [0.15, 0.2) is 30.5 Å². The second-order valence-corrected chi connectivity index (χ2v) is 9.51. The summed E-state index contributed by atoms with van der Waals surface area (Å²) >= 11 is 0. The van der Waals surface area contributed by atoms with Crippen LogP contribution in [0.5, 0.6) is 0 Å². The minimum absolute atomic E-state index is 0.121. The Morgan fingerprint density at radius 2 is 1.44 bits per heavy atom. The van der Waals surface area contributed by atoms with Gasteiger partial charge in [-0.15, -0.1) is 0 Å². The first kappa shape index (κ1) is 32.7. The summed E-state index contributed by atoms with van der Waals surface area (Å²) in [7, 11) is 0. The number of carboxylic acid groups (broad SMARTS) is 3. The predicted octanol–water partition coefficient (Wildman–Crippen LogP) is -0.955. The molecule has 2 rings (SSSR count). The number of fused-ring (bicyclic) bond motifs is 1. The average Bonchev–Trinajstić information content (AvgIpc) is 3.32. The van der Waals surface area contributed by atoms with Gasteiger partial charge in [-0.05, 0) is 37.4 Å². The SMILES string of the molecule is NCCCCC(N)C(=O)NC(CC(=O)O)C(=O)NC(CCC(=O)O)C(=O)NC(Cc1c[nH]c2ccccc12)C(=O)O. The predicted molar refractivity (Wildman–Crippen MR) is 145 cm³/mol. The molecule has 1 aromatic heterocycles. The minimum atomic E-state index is -1.64. The summed E-state index contributed by atoms with van der Waals surface area (Å²) in [5, 5.41) is 35.7. The number of carboxylic acids is 3. The number of unbranched alkanes of at least 4 members (excludes halogenated alkanes) is 1. The van der Waals surface area contributed by atoms with Crippen LogP contribution in [0.3, 0.4) is 0 Å². The van der Waals surface area contributed by atoms with E-state index >= 15 is 0 Å². The van der Waals surface area contributed by atoms with Crippen LogP contribution in [0.2, 0.25) is 0 Å². The highest BCUT2D eigenvalue weighted by Crippen LogP contribution is 2.19. The van der Waals surface area contributed by atoms with E-state index in [1.165, 1.54) is 0 Å². The molecule has 15 nitrogen and oxygen atoms in total. The lowest BCUT2D eigenvalue weighted by Gasteiger charge is -2.24. The fourth-order valence-corrected chi connectivity index (χ4v) is 4.10. The molecular formula is C26H36N6O9. The molecule has 1 heterocycles. The van der Waals surface area contributed by atoms with Crippen molar-refractivity contribution in [3.63, 3.8) is 0 Å². The van der Waals surface area contributed by atoms with Crippen LogP contribution in [-0.4, -0.2) is 86.6 Å². The van der Waals surface area contributed by atoms with E-state index in [2.05, 4.69) is 20.9 Å². The van der Waals surface area contributed by atoms with Crippen LogP contribution in [0, 0.1) is 0 Å². The maximum Gasteiger partial charge on any atom is 0.326 e. The number of hydrogen-bond donors (Lipinski definition) is 9. The van der Waals surface area contributed by atoms with Gasteiger partial charge in [0.15, 0.2) is 0 Å². The summed E-state index contributed by atoms with van der Waals surface area (Å²) in [5.74, 6) is -6.95. The number of aromatic nitrogens is 1. The Balaban J connectivity index is 2.18. The molecule has 0 aliphatic rings. The highest BCUT2D eigenvalue weighted by atomic mass is 16.4. The van der Waals surface area contributed by atoms with Crippen LogP contribution in [0.4, 0.5) is 0 Å². The molecule has 4 atom stereocenters. The number of carbonyl (C=O) groups excluding carboxylic acids is 3. The van der Waals surface area contributed by atoms with Gasteiger partial charge < -0.3 is 47.7 Å². The van der Waals surface area contributed by atoms with E-state index in [0.717, 1.165) is 10.9 Å². The molecule has 4 unspecified atom stereocenters. The normalized spacial score (nSPS) is 13.9. The molecule has 3 amide bonds. The smallest absolute Gasteiger partial charge is 0.326 e. The zero-order valence-corrected chi connectivity index (χ0v) is 22.3. The number of nitrogens with one attached hydrogen (secondary N) is 4. The second-order valence-electron chi connectivity index (χ2n) is 9.51. The number of para-hydroxylation sites is 1. The number of hydrogen-bond acceptors (Lipinski definition) is 8. The molecule has 41 heavy (non-hydrogen) atoms. The number of benzene rings is 1. The van der Waals surface area contributed by atoms with E-state index < -0.39 is 79.1 Å². The molecule has 0 saturated heterocycles. The quantitative estimate of drug-likeness (QED) is 0.0976. The van der Waals surface area contributed by atoms with Gasteiger partial charge in [0.25, 0.3) is 0 Å². The number of rotatable bonds is 18. The molecular weight excluding hydrogens is 540 g/mol. The van der Waals surface area contributed by atoms with E-state index in [-0.39, 0.29) is 12.8 Å². The van der Waals surface area contributed by atoms with Crippen molar-refractivity contribution in [2.24, 2.45) is 11.5 Å². The van der Waals surface area contributed by atoms with Gasteiger partial charge in [-0.25, -0.2) is 4.79 Å². The lowest BCUT2D eigenvalue weighted by molar-refractivity contribution is -0.143. The molecule has 15 heteroatoms. The Bertz CT molecular complexity index is 1250. The minimum Gasteiger partial charge on any atom is -0.481 e. The molecule has 0 saturated carbocycles. The van der Waals surface area contributed by atoms with E-state index in [4.69, 9.17) is 16.6 Å². The summed E-state index contributed by atoms with van der Waals surface area (Å²) in [6, 6.07) is 1.47. The van der Waals surface area contributed by atoms with Gasteiger partial charge in [0.2, 0.25) is 17.7 Å². The van der Waals surface area contributed by atoms with Crippen LogP contribution in [0.1, 0.15) is 44.1 Å². The fraction of sp³-hybridized carbons (Fsp3) is 0.462. The molecule has 11 N–H and O–H groups in total. The average molecular weight is 577 g/mol. The fourth-order valence-electron chi connectivity index (χ4n) is 4.10. The maximum atomic E-state index is 13.1. The molecule has 224 valence electrons. The van der Waals surface area contributed by atoms with Crippen LogP contribution in [-0.2, 0) is 35.2 Å². The van der Waals surface area contributed by atoms with Crippen molar-refractivity contribution in [2.45, 2.75) is 69.1 Å². The summed E-state index contributed by atoms with van der Waals surface area (Å²) in [6.07, 6.45) is 1.01. The van der Waals surface area contributed by atoms with Gasteiger partial charge >= 0.3 is 17.9 Å². The Morgan fingerprint density at radius 1 is 0.805 bits per heavy atom. The summed E-state index contributed by atoms with van der Waals surface area (Å²) < 4.78 is 0. The van der Waals surface area contributed by atoms with E-state index in [9.17, 15) is 39.0 Å². The molecule has 0 aliphatic heterocycles. The van der Waals surface area contributed by atoms with Gasteiger partial charge in [0, 0.05) is 29.9 Å². The summed E-state index contributed by atoms with van der Waals surface area (Å²) in [4.78, 5) is 76.1. The number of carbonyl (C=O) groups is 6. The largest absolute Gasteiger partial charge is 0.481 e. The van der Waals surface area contributed by atoms with Crippen LogP contribution in [0.25, 0.3) is 10.9 Å². The third kappa shape index (κ3) is 10.5. The molecule has 0 fully saturated rings. The molecule has 0 spiro atoms. The van der Waals surface area contributed by atoms with Gasteiger partial charge in [0.05, 0.1) is 12.5 Å². The highest BCUT2D eigenvalue weighted by molar-refractivity contribution is 5.96. The molecule has 1 aromatic carbocycles. The summed E-state index contributed by atoms with van der Waals surface area (Å²) in [6.45, 7) is 0.392. The second kappa shape index (κ2) is 15.9. The van der Waals surface area contributed by atoms with Crippen molar-refractivity contribution in [2.75, 3.05) is 6.54 Å². The number of amides is 3. The van der Waals surface area contributed by atoms with E-state index in [1.807, 2.05) is 0 Å².